The smallest absolute Gasteiger partial charge is 0.352 e. The normalized spacial score (nSPS) is 16.0. The maximum Gasteiger partial charge on any atom is 0.416 e. The fourth-order valence-electron chi connectivity index (χ4n) is 5.02. The molecule has 38 heavy (non-hydrogen) atoms. The third-order valence-corrected chi connectivity index (χ3v) is 8.24. The van der Waals surface area contributed by atoms with Crippen LogP contribution < -0.4 is 5.32 Å². The molecular formula is C28H29F3N4O2S. The van der Waals surface area contributed by atoms with Gasteiger partial charge in [0, 0.05) is 26.1 Å². The van der Waals surface area contributed by atoms with Crippen LogP contribution in [0.1, 0.15) is 48.9 Å². The zero-order valence-corrected chi connectivity index (χ0v) is 21.7. The molecule has 1 aromatic carbocycles. The van der Waals surface area contributed by atoms with Crippen LogP contribution in [0.2, 0.25) is 0 Å². The summed E-state index contributed by atoms with van der Waals surface area (Å²) in [6.07, 6.45) is 3.75. The summed E-state index contributed by atoms with van der Waals surface area (Å²) in [5.74, 6) is 0.486. The fourth-order valence-corrected chi connectivity index (χ4v) is 6.03. The predicted molar refractivity (Wildman–Crippen MR) is 140 cm³/mol. The van der Waals surface area contributed by atoms with E-state index < -0.39 is 11.7 Å². The van der Waals surface area contributed by atoms with Crippen LogP contribution in [0.4, 0.5) is 13.2 Å². The molecule has 2 aliphatic rings. The van der Waals surface area contributed by atoms with E-state index in [1.807, 2.05) is 33.6 Å². The van der Waals surface area contributed by atoms with Gasteiger partial charge in [-0.05, 0) is 73.9 Å². The number of nitrogens with zero attached hydrogens (tertiary/aromatic N) is 3. The van der Waals surface area contributed by atoms with Crippen molar-refractivity contribution in [3.8, 4) is 0 Å². The minimum absolute atomic E-state index is 0.0471. The quantitative estimate of drug-likeness (QED) is 0.378. The number of hydrogen-bond donors (Lipinski definition) is 1. The number of benzene rings is 1. The molecule has 1 fully saturated rings. The summed E-state index contributed by atoms with van der Waals surface area (Å²) in [5, 5.41) is 4.01. The molecule has 0 aliphatic carbocycles. The van der Waals surface area contributed by atoms with E-state index in [1.165, 1.54) is 23.9 Å². The van der Waals surface area contributed by atoms with Crippen molar-refractivity contribution in [1.29, 1.82) is 0 Å². The molecule has 2 aliphatic heterocycles. The number of halogens is 3. The van der Waals surface area contributed by atoms with Crippen molar-refractivity contribution in [2.75, 3.05) is 19.6 Å². The monoisotopic (exact) mass is 542 g/mol. The van der Waals surface area contributed by atoms with Crippen molar-refractivity contribution in [2.45, 2.75) is 49.7 Å². The lowest BCUT2D eigenvalue weighted by atomic mass is 9.92. The van der Waals surface area contributed by atoms with E-state index in [0.29, 0.717) is 43.3 Å². The second kappa shape index (κ2) is 11.2. The third kappa shape index (κ3) is 6.06. The standard InChI is InChI=1S/C28H29F3N4O2S/c29-28(30,31)21-9-6-20(7-10-21)8-11-25(36)34-15-12-19(13-16-34)3-2-14-32-27(37)23-17-22-18-33-24-4-1-5-26(38-23)35(22)24/h1,4-7,9-10,17-19H,2-3,8,11-16H2,(H,32,37). The first-order valence-electron chi connectivity index (χ1n) is 12.9. The van der Waals surface area contributed by atoms with Gasteiger partial charge in [-0.15, -0.1) is 0 Å². The second-order valence-electron chi connectivity index (χ2n) is 9.77. The number of alkyl halides is 3. The van der Waals surface area contributed by atoms with E-state index in [9.17, 15) is 22.8 Å². The van der Waals surface area contributed by atoms with Crippen molar-refractivity contribution in [2.24, 2.45) is 5.92 Å². The van der Waals surface area contributed by atoms with Gasteiger partial charge in [0.2, 0.25) is 5.91 Å². The van der Waals surface area contributed by atoms with Gasteiger partial charge in [-0.25, -0.2) is 4.98 Å². The van der Waals surface area contributed by atoms with E-state index in [1.54, 1.807) is 6.20 Å². The fraction of sp³-hybridized carbons (Fsp3) is 0.393. The van der Waals surface area contributed by atoms with Gasteiger partial charge in [-0.3, -0.25) is 14.0 Å². The Morgan fingerprint density at radius 3 is 2.58 bits per heavy atom. The molecule has 0 saturated carbocycles. The molecule has 0 atom stereocenters. The van der Waals surface area contributed by atoms with Gasteiger partial charge in [0.05, 0.1) is 27.4 Å². The van der Waals surface area contributed by atoms with Crippen LogP contribution in [0.5, 0.6) is 0 Å². The molecular weight excluding hydrogens is 513 g/mol. The Bertz CT molecular complexity index is 1340. The molecule has 200 valence electrons. The number of aromatic nitrogens is 2. The van der Waals surface area contributed by atoms with E-state index in [0.717, 1.165) is 59.7 Å². The highest BCUT2D eigenvalue weighted by Crippen LogP contribution is 2.34. The molecule has 0 spiro atoms. The van der Waals surface area contributed by atoms with Crippen LogP contribution in [0.15, 0.2) is 58.6 Å². The highest BCUT2D eigenvalue weighted by molar-refractivity contribution is 8.04. The SMILES string of the molecule is O=C(NCCCC1CCN(C(=O)CCc2ccc(C(F)(F)F)cc2)CC1)C1=Cc2cnc3cccc(n23)S1. The molecule has 0 unspecified atom stereocenters. The Morgan fingerprint density at radius 2 is 1.84 bits per heavy atom. The molecule has 3 aromatic rings. The number of pyridine rings is 1. The first-order valence-corrected chi connectivity index (χ1v) is 13.7. The number of imidazole rings is 1. The number of aryl methyl sites for hydroxylation is 1. The summed E-state index contributed by atoms with van der Waals surface area (Å²) < 4.78 is 40.1. The lowest BCUT2D eigenvalue weighted by Crippen LogP contribution is -2.38. The number of hydrogen-bond acceptors (Lipinski definition) is 4. The maximum absolute atomic E-state index is 12.7. The van der Waals surface area contributed by atoms with Gasteiger partial charge >= 0.3 is 6.18 Å². The van der Waals surface area contributed by atoms with Crippen LogP contribution in [-0.4, -0.2) is 45.7 Å². The van der Waals surface area contributed by atoms with Crippen molar-refractivity contribution < 1.29 is 22.8 Å². The Morgan fingerprint density at radius 1 is 1.08 bits per heavy atom. The van der Waals surface area contributed by atoms with Crippen LogP contribution in [0.25, 0.3) is 11.7 Å². The summed E-state index contributed by atoms with van der Waals surface area (Å²) >= 11 is 1.44. The predicted octanol–water partition coefficient (Wildman–Crippen LogP) is 5.57. The Labute approximate surface area is 223 Å². The van der Waals surface area contributed by atoms with E-state index in [4.69, 9.17) is 0 Å². The number of amides is 2. The lowest BCUT2D eigenvalue weighted by Gasteiger charge is -2.32. The van der Waals surface area contributed by atoms with Gasteiger partial charge in [0.15, 0.2) is 0 Å². The second-order valence-corrected chi connectivity index (χ2v) is 10.8. The Hall–Kier alpha value is -3.27. The van der Waals surface area contributed by atoms with Gasteiger partial charge in [0.1, 0.15) is 5.65 Å². The van der Waals surface area contributed by atoms with Crippen molar-refractivity contribution in [3.63, 3.8) is 0 Å². The molecule has 2 aromatic heterocycles. The number of carbonyl (C=O) groups is 2. The van der Waals surface area contributed by atoms with Crippen LogP contribution in [0.3, 0.4) is 0 Å². The van der Waals surface area contributed by atoms with Crippen molar-refractivity contribution >= 4 is 35.3 Å². The molecule has 10 heteroatoms. The highest BCUT2D eigenvalue weighted by atomic mass is 32.2. The van der Waals surface area contributed by atoms with Gasteiger partial charge in [-0.1, -0.05) is 30.0 Å². The van der Waals surface area contributed by atoms with Crippen molar-refractivity contribution in [1.82, 2.24) is 19.6 Å². The van der Waals surface area contributed by atoms with Gasteiger partial charge < -0.3 is 10.2 Å². The Kier molecular flexibility index (Phi) is 7.78. The lowest BCUT2D eigenvalue weighted by molar-refractivity contribution is -0.137. The average molecular weight is 543 g/mol. The van der Waals surface area contributed by atoms with E-state index in [-0.39, 0.29) is 11.8 Å². The molecule has 2 amide bonds. The van der Waals surface area contributed by atoms with Crippen LogP contribution in [0, 0.1) is 5.92 Å². The first-order chi connectivity index (χ1) is 18.3. The molecule has 4 heterocycles. The van der Waals surface area contributed by atoms with Crippen LogP contribution in [-0.2, 0) is 22.2 Å². The number of piperidine rings is 1. The molecule has 6 nitrogen and oxygen atoms in total. The third-order valence-electron chi connectivity index (χ3n) is 7.19. The summed E-state index contributed by atoms with van der Waals surface area (Å²) in [6, 6.07) is 10.9. The van der Waals surface area contributed by atoms with E-state index in [2.05, 4.69) is 10.3 Å². The minimum Gasteiger partial charge on any atom is -0.352 e. The molecule has 0 bridgehead atoms. The number of rotatable bonds is 8. The number of carbonyl (C=O) groups excluding carboxylic acids is 2. The molecule has 5 rings (SSSR count). The van der Waals surface area contributed by atoms with Gasteiger partial charge in [-0.2, -0.15) is 13.2 Å². The zero-order chi connectivity index (χ0) is 26.7. The highest BCUT2D eigenvalue weighted by Gasteiger charge is 2.30. The topological polar surface area (TPSA) is 66.7 Å². The first kappa shape index (κ1) is 26.3. The number of likely N-dealkylation sites (tertiary alicyclic amines) is 1. The minimum atomic E-state index is -4.35. The zero-order valence-electron chi connectivity index (χ0n) is 20.8. The van der Waals surface area contributed by atoms with Crippen molar-refractivity contribution in [3.05, 3.63) is 70.4 Å². The largest absolute Gasteiger partial charge is 0.416 e. The number of nitrogens with one attached hydrogen (secondary N) is 1. The molecule has 1 N–H and O–H groups in total. The van der Waals surface area contributed by atoms with Gasteiger partial charge in [0.25, 0.3) is 5.91 Å². The summed E-state index contributed by atoms with van der Waals surface area (Å²) in [7, 11) is 0. The number of thioether (sulfide) groups is 1. The van der Waals surface area contributed by atoms with Crippen LogP contribution >= 0.6 is 11.8 Å². The Balaban J connectivity index is 0.993. The van der Waals surface area contributed by atoms with E-state index >= 15 is 0 Å². The average Bonchev–Trinajstić information content (AvgIpc) is 3.34. The maximum atomic E-state index is 12.7. The molecule has 0 radical (unpaired) electrons. The molecule has 1 saturated heterocycles. The summed E-state index contributed by atoms with van der Waals surface area (Å²) in [5.41, 5.74) is 1.83. The summed E-state index contributed by atoms with van der Waals surface area (Å²) in [6.45, 7) is 2.00. The summed E-state index contributed by atoms with van der Waals surface area (Å²) in [4.78, 5) is 32.2.